The number of anilines is 1. The molecule has 0 radical (unpaired) electrons. The molecule has 7 heteroatoms. The Morgan fingerprint density at radius 3 is 2.80 bits per heavy atom. The van der Waals surface area contributed by atoms with Crippen molar-refractivity contribution in [2.24, 2.45) is 5.92 Å². The van der Waals surface area contributed by atoms with Crippen LogP contribution in [0.15, 0.2) is 28.8 Å². The van der Waals surface area contributed by atoms with Crippen LogP contribution in [0.5, 0.6) is 0 Å². The number of aryl methyl sites for hydroxylation is 1. The molecule has 1 aliphatic rings. The van der Waals surface area contributed by atoms with Crippen molar-refractivity contribution in [3.05, 3.63) is 46.8 Å². The van der Waals surface area contributed by atoms with Crippen molar-refractivity contribution in [3.63, 3.8) is 0 Å². The van der Waals surface area contributed by atoms with E-state index in [1.807, 2.05) is 32.0 Å². The number of aromatic nitrogens is 1. The van der Waals surface area contributed by atoms with Gasteiger partial charge in [-0.15, -0.1) is 0 Å². The minimum atomic E-state index is -0.382. The smallest absolute Gasteiger partial charge is 0.338 e. The maximum atomic E-state index is 12.1. The van der Waals surface area contributed by atoms with E-state index in [0.29, 0.717) is 17.7 Å². The molecular formula is C18H19N3O4. The van der Waals surface area contributed by atoms with Crippen LogP contribution in [0.4, 0.5) is 5.69 Å². The molecule has 1 aliphatic heterocycles. The van der Waals surface area contributed by atoms with Gasteiger partial charge in [0.2, 0.25) is 0 Å². The Bertz CT molecular complexity index is 807. The topological polar surface area (TPSA) is 111 Å². The molecule has 2 N–H and O–H groups in total. The van der Waals surface area contributed by atoms with Gasteiger partial charge in [-0.1, -0.05) is 29.8 Å². The third kappa shape index (κ3) is 3.49. The van der Waals surface area contributed by atoms with Gasteiger partial charge in [0.1, 0.15) is 30.2 Å². The highest BCUT2D eigenvalue weighted by Crippen LogP contribution is 2.40. The van der Waals surface area contributed by atoms with Gasteiger partial charge in [0.25, 0.3) is 5.76 Å². The van der Waals surface area contributed by atoms with Gasteiger partial charge in [0.05, 0.1) is 11.7 Å². The van der Waals surface area contributed by atoms with Crippen LogP contribution in [0.25, 0.3) is 0 Å². The molecular weight excluding hydrogens is 322 g/mol. The number of nitrogen functional groups attached to an aromatic ring is 1. The van der Waals surface area contributed by atoms with E-state index in [1.165, 1.54) is 0 Å². The zero-order valence-electron chi connectivity index (χ0n) is 14.1. The lowest BCUT2D eigenvalue weighted by Crippen LogP contribution is -2.18. The molecule has 7 nitrogen and oxygen atoms in total. The van der Waals surface area contributed by atoms with Crippen molar-refractivity contribution in [2.75, 3.05) is 12.3 Å². The maximum absolute atomic E-state index is 12.1. The van der Waals surface area contributed by atoms with Crippen LogP contribution in [0.2, 0.25) is 0 Å². The van der Waals surface area contributed by atoms with Crippen LogP contribution in [-0.4, -0.2) is 23.8 Å². The van der Waals surface area contributed by atoms with Crippen molar-refractivity contribution in [3.8, 4) is 6.07 Å². The van der Waals surface area contributed by atoms with Crippen molar-refractivity contribution in [1.82, 2.24) is 5.16 Å². The van der Waals surface area contributed by atoms with E-state index >= 15 is 0 Å². The highest BCUT2D eigenvalue weighted by Gasteiger charge is 2.37. The number of carbonyl (C=O) groups is 1. The first-order valence-electron chi connectivity index (χ1n) is 8.04. The van der Waals surface area contributed by atoms with E-state index in [-0.39, 0.29) is 42.1 Å². The average Bonchev–Trinajstić information content (AvgIpc) is 3.15. The van der Waals surface area contributed by atoms with Crippen molar-refractivity contribution < 1.29 is 18.8 Å². The van der Waals surface area contributed by atoms with Gasteiger partial charge in [-0.2, -0.15) is 5.26 Å². The van der Waals surface area contributed by atoms with E-state index in [1.54, 1.807) is 12.1 Å². The zero-order chi connectivity index (χ0) is 18.0. The van der Waals surface area contributed by atoms with E-state index in [4.69, 9.17) is 25.0 Å². The molecule has 1 fully saturated rings. The molecule has 2 heterocycles. The third-order valence-electron chi connectivity index (χ3n) is 4.31. The first kappa shape index (κ1) is 17.0. The van der Waals surface area contributed by atoms with Gasteiger partial charge < -0.3 is 19.7 Å². The fraction of sp³-hybridized carbons (Fsp3) is 0.389. The first-order chi connectivity index (χ1) is 12.0. The lowest BCUT2D eigenvalue weighted by molar-refractivity contribution is -0.0134. The highest BCUT2D eigenvalue weighted by molar-refractivity contribution is 5.89. The Labute approximate surface area is 145 Å². The number of esters is 1. The van der Waals surface area contributed by atoms with Crippen LogP contribution >= 0.6 is 0 Å². The Balaban J connectivity index is 1.60. The molecule has 3 rings (SSSR count). The summed E-state index contributed by atoms with van der Waals surface area (Å²) in [7, 11) is 0. The molecule has 0 saturated carbocycles. The minimum absolute atomic E-state index is 0.0138. The summed E-state index contributed by atoms with van der Waals surface area (Å²) in [5, 5.41) is 12.8. The Morgan fingerprint density at radius 2 is 2.16 bits per heavy atom. The van der Waals surface area contributed by atoms with E-state index in [0.717, 1.165) is 5.56 Å². The first-order valence-corrected chi connectivity index (χ1v) is 8.04. The highest BCUT2D eigenvalue weighted by atomic mass is 16.6. The predicted octanol–water partition coefficient (Wildman–Crippen LogP) is 2.76. The predicted molar refractivity (Wildman–Crippen MR) is 88.5 cm³/mol. The second-order valence-electron chi connectivity index (χ2n) is 6.28. The summed E-state index contributed by atoms with van der Waals surface area (Å²) in [6.07, 6.45) is 0.0602. The second-order valence-corrected chi connectivity index (χ2v) is 6.28. The van der Waals surface area contributed by atoms with E-state index in [2.05, 4.69) is 5.16 Å². The molecule has 1 aromatic carbocycles. The van der Waals surface area contributed by atoms with Crippen LogP contribution < -0.4 is 5.73 Å². The number of nitrogens with zero attached hydrogens (tertiary/aromatic N) is 2. The van der Waals surface area contributed by atoms with E-state index in [9.17, 15) is 4.79 Å². The molecule has 3 atom stereocenters. The molecule has 1 saturated heterocycles. The van der Waals surface area contributed by atoms with Gasteiger partial charge in [0, 0.05) is 0 Å². The quantitative estimate of drug-likeness (QED) is 0.851. The molecule has 25 heavy (non-hydrogen) atoms. The van der Waals surface area contributed by atoms with Crippen molar-refractivity contribution >= 4 is 11.7 Å². The second kappa shape index (κ2) is 6.95. The molecule has 0 bridgehead atoms. The number of hydrogen-bond acceptors (Lipinski definition) is 7. The summed E-state index contributed by atoms with van der Waals surface area (Å²) in [5.41, 5.74) is 8.09. The van der Waals surface area contributed by atoms with Crippen LogP contribution in [0.3, 0.4) is 0 Å². The van der Waals surface area contributed by atoms with Gasteiger partial charge in [-0.25, -0.2) is 4.79 Å². The van der Waals surface area contributed by atoms with Gasteiger partial charge in [-0.3, -0.25) is 0 Å². The number of nitriles is 1. The van der Waals surface area contributed by atoms with Gasteiger partial charge in [-0.05, 0) is 31.4 Å². The summed E-state index contributed by atoms with van der Waals surface area (Å²) in [6.45, 7) is 4.10. The maximum Gasteiger partial charge on any atom is 0.338 e. The number of nitrogens with two attached hydrogens (primary N) is 1. The number of benzene rings is 1. The summed E-state index contributed by atoms with van der Waals surface area (Å²) >= 11 is 0. The summed E-state index contributed by atoms with van der Waals surface area (Å²) < 4.78 is 16.2. The molecule has 0 aliphatic carbocycles. The molecule has 130 valence electrons. The molecule has 1 aromatic heterocycles. The molecule has 0 amide bonds. The van der Waals surface area contributed by atoms with Gasteiger partial charge >= 0.3 is 5.97 Å². The van der Waals surface area contributed by atoms with Crippen molar-refractivity contribution in [2.45, 2.75) is 32.5 Å². The number of rotatable bonds is 4. The number of ether oxygens (including phenoxy) is 2. The third-order valence-corrected chi connectivity index (χ3v) is 4.31. The minimum Gasteiger partial charge on any atom is -0.459 e. The lowest BCUT2D eigenvalue weighted by atomic mass is 9.99. The summed E-state index contributed by atoms with van der Waals surface area (Å²) in [6, 6.07) is 9.04. The van der Waals surface area contributed by atoms with Crippen LogP contribution in [0, 0.1) is 24.2 Å². The number of hydrogen-bond donors (Lipinski definition) is 1. The fourth-order valence-electron chi connectivity index (χ4n) is 2.91. The van der Waals surface area contributed by atoms with Crippen molar-refractivity contribution in [1.29, 1.82) is 5.26 Å². The summed E-state index contributed by atoms with van der Waals surface area (Å²) in [5.74, 6) is -0.283. The van der Waals surface area contributed by atoms with E-state index < -0.39 is 0 Å². The normalized spacial score (nSPS) is 22.5. The molecule has 0 unspecified atom stereocenters. The summed E-state index contributed by atoms with van der Waals surface area (Å²) in [4.78, 5) is 12.1. The Kier molecular flexibility index (Phi) is 4.72. The monoisotopic (exact) mass is 341 g/mol. The lowest BCUT2D eigenvalue weighted by Gasteiger charge is -2.13. The Morgan fingerprint density at radius 1 is 1.44 bits per heavy atom. The standard InChI is InChI=1S/C18H19N3O4/c1-10-3-5-12(6-4-10)18(22)23-9-13-7-11(2)17(24-13)16-15(20)14(8-19)25-21-16/h3-6,11,13,17H,7,9,20H2,1-2H3/t11-,13-,17+/m0/s1. The molecule has 2 aromatic rings. The van der Waals surface area contributed by atoms with Crippen LogP contribution in [0.1, 0.15) is 46.8 Å². The fourth-order valence-corrected chi connectivity index (χ4v) is 2.91. The van der Waals surface area contributed by atoms with Crippen LogP contribution in [-0.2, 0) is 9.47 Å². The number of carbonyl (C=O) groups excluding carboxylic acids is 1. The largest absolute Gasteiger partial charge is 0.459 e. The Hall–Kier alpha value is -2.85. The SMILES string of the molecule is Cc1ccc(C(=O)OC[C@@H]2C[C@H](C)[C@H](c3noc(C#N)c3N)O2)cc1. The zero-order valence-corrected chi connectivity index (χ0v) is 14.1. The molecule has 0 spiro atoms. The average molecular weight is 341 g/mol. The van der Waals surface area contributed by atoms with Gasteiger partial charge in [0.15, 0.2) is 0 Å².